The Labute approximate surface area is 114 Å². The van der Waals surface area contributed by atoms with Crippen molar-refractivity contribution in [3.05, 3.63) is 28.8 Å². The van der Waals surface area contributed by atoms with Crippen molar-refractivity contribution >= 4 is 27.1 Å². The predicted molar refractivity (Wildman–Crippen MR) is 69.2 cm³/mol. The van der Waals surface area contributed by atoms with Gasteiger partial charge >= 0.3 is 6.18 Å². The molecule has 1 atom stereocenters. The molecule has 1 aromatic rings. The van der Waals surface area contributed by atoms with Crippen LogP contribution < -0.4 is 5.32 Å². The van der Waals surface area contributed by atoms with Gasteiger partial charge in [0.25, 0.3) is 0 Å². The number of rotatable bonds is 4. The highest BCUT2D eigenvalue weighted by Crippen LogP contribution is 2.36. The van der Waals surface area contributed by atoms with Gasteiger partial charge in [-0.25, -0.2) is 8.42 Å². The maximum Gasteiger partial charge on any atom is 0.417 e. The molecule has 3 nitrogen and oxygen atoms in total. The molecular formula is C11H13ClF3NO2S. The maximum absolute atomic E-state index is 12.6. The molecule has 1 N–H and O–H groups in total. The van der Waals surface area contributed by atoms with Crippen LogP contribution >= 0.6 is 11.6 Å². The summed E-state index contributed by atoms with van der Waals surface area (Å²) in [7, 11) is -3.20. The Bertz CT molecular complexity index is 558. The zero-order chi connectivity index (χ0) is 14.8. The van der Waals surface area contributed by atoms with Crippen LogP contribution in [0.5, 0.6) is 0 Å². The molecular weight excluding hydrogens is 303 g/mol. The predicted octanol–water partition coefficient (Wildman–Crippen LogP) is 3.20. The summed E-state index contributed by atoms with van der Waals surface area (Å²) < 4.78 is 60.0. The summed E-state index contributed by atoms with van der Waals surface area (Å²) in [5, 5.41) is 2.31. The van der Waals surface area contributed by atoms with Gasteiger partial charge < -0.3 is 5.32 Å². The Kier molecular flexibility index (Phi) is 4.73. The van der Waals surface area contributed by atoms with Gasteiger partial charge in [-0.2, -0.15) is 13.2 Å². The largest absolute Gasteiger partial charge is 0.417 e. The minimum absolute atomic E-state index is 0.170. The first-order valence-corrected chi connectivity index (χ1v) is 7.74. The summed E-state index contributed by atoms with van der Waals surface area (Å²) in [4.78, 5) is 0. The molecule has 0 bridgehead atoms. The van der Waals surface area contributed by atoms with Crippen molar-refractivity contribution < 1.29 is 21.6 Å². The summed E-state index contributed by atoms with van der Waals surface area (Å²) in [5.41, 5.74) is -0.779. The van der Waals surface area contributed by atoms with Gasteiger partial charge in [-0.1, -0.05) is 11.6 Å². The topological polar surface area (TPSA) is 46.2 Å². The molecule has 1 rings (SSSR count). The molecule has 0 fully saturated rings. The second kappa shape index (κ2) is 5.58. The van der Waals surface area contributed by atoms with Crippen molar-refractivity contribution in [1.82, 2.24) is 0 Å². The maximum atomic E-state index is 12.6. The number of hydrogen-bond donors (Lipinski definition) is 1. The molecule has 8 heteroatoms. The third-order valence-electron chi connectivity index (χ3n) is 2.24. The second-order valence-corrected chi connectivity index (χ2v) is 6.92. The lowest BCUT2D eigenvalue weighted by Crippen LogP contribution is -2.25. The van der Waals surface area contributed by atoms with Crippen LogP contribution in [-0.2, 0) is 16.0 Å². The molecule has 0 heterocycles. The van der Waals surface area contributed by atoms with Gasteiger partial charge in [0.05, 0.1) is 16.3 Å². The molecule has 1 unspecified atom stereocenters. The van der Waals surface area contributed by atoms with Crippen LogP contribution in [0.25, 0.3) is 0 Å². The van der Waals surface area contributed by atoms with Crippen LogP contribution in [0.3, 0.4) is 0 Å². The van der Waals surface area contributed by atoms with E-state index < -0.39 is 32.6 Å². The first-order valence-electron chi connectivity index (χ1n) is 5.30. The third kappa shape index (κ3) is 5.28. The van der Waals surface area contributed by atoms with Gasteiger partial charge in [-0.15, -0.1) is 0 Å². The van der Waals surface area contributed by atoms with Gasteiger partial charge in [0.1, 0.15) is 9.84 Å². The van der Waals surface area contributed by atoms with Crippen LogP contribution in [0.4, 0.5) is 18.9 Å². The van der Waals surface area contributed by atoms with Crippen molar-refractivity contribution in [1.29, 1.82) is 0 Å². The lowest BCUT2D eigenvalue weighted by molar-refractivity contribution is -0.137. The van der Waals surface area contributed by atoms with E-state index in [4.69, 9.17) is 11.6 Å². The van der Waals surface area contributed by atoms with Crippen molar-refractivity contribution in [3.63, 3.8) is 0 Å². The Balaban J connectivity index is 2.92. The van der Waals surface area contributed by atoms with Crippen LogP contribution in [0.1, 0.15) is 12.5 Å². The van der Waals surface area contributed by atoms with Crippen LogP contribution in [0, 0.1) is 0 Å². The number of halogens is 4. The van der Waals surface area contributed by atoms with E-state index in [2.05, 4.69) is 5.32 Å². The van der Waals surface area contributed by atoms with Crippen LogP contribution in [0.2, 0.25) is 5.02 Å². The molecule has 108 valence electrons. The normalized spacial score (nSPS) is 14.2. The van der Waals surface area contributed by atoms with E-state index in [1.54, 1.807) is 6.92 Å². The van der Waals surface area contributed by atoms with E-state index in [-0.39, 0.29) is 11.4 Å². The first kappa shape index (κ1) is 16.1. The number of hydrogen-bond acceptors (Lipinski definition) is 3. The molecule has 0 saturated heterocycles. The lowest BCUT2D eigenvalue weighted by Gasteiger charge is -2.16. The number of benzene rings is 1. The van der Waals surface area contributed by atoms with Crippen molar-refractivity contribution in [3.8, 4) is 0 Å². The lowest BCUT2D eigenvalue weighted by atomic mass is 10.2. The van der Waals surface area contributed by atoms with E-state index >= 15 is 0 Å². The smallest absolute Gasteiger partial charge is 0.382 e. The Morgan fingerprint density at radius 1 is 1.37 bits per heavy atom. The van der Waals surface area contributed by atoms with E-state index in [1.165, 1.54) is 6.07 Å². The Morgan fingerprint density at radius 3 is 2.42 bits per heavy atom. The highest BCUT2D eigenvalue weighted by atomic mass is 35.5. The molecule has 0 radical (unpaired) electrons. The van der Waals surface area contributed by atoms with Gasteiger partial charge in [0, 0.05) is 18.0 Å². The molecule has 0 saturated carbocycles. The summed E-state index contributed by atoms with van der Waals surface area (Å²) in [6.07, 6.45) is -3.48. The van der Waals surface area contributed by atoms with Crippen molar-refractivity contribution in [2.24, 2.45) is 0 Å². The zero-order valence-corrected chi connectivity index (χ0v) is 11.8. The van der Waals surface area contributed by atoms with Gasteiger partial charge in [0.15, 0.2) is 0 Å². The van der Waals surface area contributed by atoms with E-state index in [0.717, 1.165) is 18.4 Å². The van der Waals surface area contributed by atoms with Crippen molar-refractivity contribution in [2.45, 2.75) is 19.1 Å². The first-order chi connectivity index (χ1) is 8.49. The average molecular weight is 316 g/mol. The summed E-state index contributed by atoms with van der Waals surface area (Å²) in [5.74, 6) is -0.170. The molecule has 0 aliphatic rings. The highest BCUT2D eigenvalue weighted by molar-refractivity contribution is 7.90. The summed E-state index contributed by atoms with van der Waals surface area (Å²) in [6.45, 7) is 1.57. The quantitative estimate of drug-likeness (QED) is 0.928. The Hall–Kier alpha value is -0.950. The van der Waals surface area contributed by atoms with Crippen LogP contribution in [0.15, 0.2) is 18.2 Å². The van der Waals surface area contributed by atoms with Gasteiger partial charge in [-0.3, -0.25) is 0 Å². The average Bonchev–Trinajstić information content (AvgIpc) is 2.16. The molecule has 0 aromatic heterocycles. The molecule has 1 aromatic carbocycles. The fourth-order valence-electron chi connectivity index (χ4n) is 1.61. The van der Waals surface area contributed by atoms with Crippen molar-refractivity contribution in [2.75, 3.05) is 17.3 Å². The van der Waals surface area contributed by atoms with E-state index in [0.29, 0.717) is 0 Å². The number of alkyl halides is 3. The fraction of sp³-hybridized carbons (Fsp3) is 0.455. The monoisotopic (exact) mass is 315 g/mol. The SMILES string of the molecule is CC(CS(C)(=O)=O)Nc1ccc(Cl)c(C(F)(F)F)c1. The van der Waals surface area contributed by atoms with Crippen LogP contribution in [-0.4, -0.2) is 26.5 Å². The fourth-order valence-corrected chi connectivity index (χ4v) is 2.83. The summed E-state index contributed by atoms with van der Waals surface area (Å²) in [6, 6.07) is 2.86. The molecule has 0 aliphatic carbocycles. The zero-order valence-electron chi connectivity index (χ0n) is 10.3. The Morgan fingerprint density at radius 2 is 1.95 bits per heavy atom. The van der Waals surface area contributed by atoms with Gasteiger partial charge in [0.2, 0.25) is 0 Å². The summed E-state index contributed by atoms with van der Waals surface area (Å²) >= 11 is 5.48. The second-order valence-electron chi connectivity index (χ2n) is 4.33. The van der Waals surface area contributed by atoms with Gasteiger partial charge in [-0.05, 0) is 25.1 Å². The molecule has 0 aliphatic heterocycles. The number of nitrogens with one attached hydrogen (secondary N) is 1. The number of sulfone groups is 1. The van der Waals surface area contributed by atoms with E-state index in [1.807, 2.05) is 0 Å². The standard InChI is InChI=1S/C11H13ClF3NO2S/c1-7(6-19(2,17)18)16-8-3-4-10(12)9(5-8)11(13,14)15/h3-5,7,16H,6H2,1-2H3. The number of anilines is 1. The highest BCUT2D eigenvalue weighted by Gasteiger charge is 2.33. The molecule has 0 spiro atoms. The molecule has 19 heavy (non-hydrogen) atoms. The third-order valence-corrected chi connectivity index (χ3v) is 3.67. The minimum Gasteiger partial charge on any atom is -0.382 e. The van der Waals surface area contributed by atoms with E-state index in [9.17, 15) is 21.6 Å². The minimum atomic E-state index is -4.55. The molecule has 0 amide bonds.